The second-order valence-electron chi connectivity index (χ2n) is 6.35. The Morgan fingerprint density at radius 2 is 2.15 bits per heavy atom. The van der Waals surface area contributed by atoms with E-state index in [0.717, 1.165) is 12.8 Å². The first-order valence-corrected chi connectivity index (χ1v) is 8.77. The molecule has 0 bridgehead atoms. The summed E-state index contributed by atoms with van der Waals surface area (Å²) in [6.07, 6.45) is 1.24. The van der Waals surface area contributed by atoms with Crippen LogP contribution in [0, 0.1) is 6.92 Å². The van der Waals surface area contributed by atoms with Crippen molar-refractivity contribution in [1.82, 2.24) is 5.32 Å². The minimum Gasteiger partial charge on any atom is -0.441 e. The summed E-state index contributed by atoms with van der Waals surface area (Å²) in [6.45, 7) is 1.29. The fourth-order valence-electron chi connectivity index (χ4n) is 3.36. The summed E-state index contributed by atoms with van der Waals surface area (Å²) in [6, 6.07) is 7.10. The second-order valence-corrected chi connectivity index (χ2v) is 6.75. The molecule has 0 radical (unpaired) electrons. The van der Waals surface area contributed by atoms with Crippen LogP contribution in [0.1, 0.15) is 42.8 Å². The molecule has 1 fully saturated rings. The summed E-state index contributed by atoms with van der Waals surface area (Å²) < 4.78 is 14.7. The normalized spacial score (nSPS) is 22.8. The van der Waals surface area contributed by atoms with Gasteiger partial charge in [0.15, 0.2) is 18.1 Å². The standard InChI is InChI=1S/C18H20ClNO6/c1-11-14(26-17(23)25-11)10-24-16(22)20-18(9-5-4-8-15(18)21)12-6-2-3-7-13(12)19/h2-3,6-7,15,21H,4-5,8-10H2,1H3,(H,20,22)/t15?,18-/m0/s1. The molecule has 1 aliphatic rings. The minimum atomic E-state index is -1.03. The Hall–Kier alpha value is -2.25. The van der Waals surface area contributed by atoms with E-state index < -0.39 is 23.6 Å². The van der Waals surface area contributed by atoms with Gasteiger partial charge in [0.2, 0.25) is 0 Å². The van der Waals surface area contributed by atoms with E-state index in [2.05, 4.69) is 5.32 Å². The Morgan fingerprint density at radius 1 is 1.38 bits per heavy atom. The highest BCUT2D eigenvalue weighted by Gasteiger charge is 2.44. The molecule has 3 rings (SSSR count). The van der Waals surface area contributed by atoms with E-state index in [9.17, 15) is 14.7 Å². The summed E-state index contributed by atoms with van der Waals surface area (Å²) in [4.78, 5) is 23.5. The van der Waals surface area contributed by atoms with E-state index in [1.165, 1.54) is 6.92 Å². The van der Waals surface area contributed by atoms with Gasteiger partial charge in [-0.15, -0.1) is 0 Å². The number of carbonyl (C=O) groups excluding carboxylic acids is 1. The van der Waals surface area contributed by atoms with Crippen LogP contribution in [0.2, 0.25) is 5.02 Å². The second kappa shape index (κ2) is 7.55. The molecule has 1 heterocycles. The van der Waals surface area contributed by atoms with Crippen molar-refractivity contribution >= 4 is 17.7 Å². The highest BCUT2D eigenvalue weighted by Crippen LogP contribution is 2.40. The van der Waals surface area contributed by atoms with Crippen molar-refractivity contribution in [1.29, 1.82) is 0 Å². The van der Waals surface area contributed by atoms with Crippen molar-refractivity contribution < 1.29 is 23.5 Å². The number of aryl methyl sites for hydroxylation is 1. The molecule has 2 atom stereocenters. The number of alkyl carbamates (subject to hydrolysis) is 1. The van der Waals surface area contributed by atoms with Crippen LogP contribution in [-0.4, -0.2) is 17.3 Å². The molecule has 1 aliphatic carbocycles. The number of carbonyl (C=O) groups is 1. The molecule has 2 aromatic rings. The predicted molar refractivity (Wildman–Crippen MR) is 92.9 cm³/mol. The van der Waals surface area contributed by atoms with Crippen LogP contribution >= 0.6 is 11.6 Å². The van der Waals surface area contributed by atoms with Gasteiger partial charge >= 0.3 is 11.9 Å². The lowest BCUT2D eigenvalue weighted by Gasteiger charge is -2.42. The lowest BCUT2D eigenvalue weighted by molar-refractivity contribution is 0.0160. The maximum absolute atomic E-state index is 12.4. The average Bonchev–Trinajstić information content (AvgIpc) is 2.93. The molecular formula is C18H20ClNO6. The molecular weight excluding hydrogens is 362 g/mol. The Labute approximate surface area is 154 Å². The number of hydrogen-bond acceptors (Lipinski definition) is 6. The maximum atomic E-state index is 12.4. The molecule has 1 saturated carbocycles. The largest absolute Gasteiger partial charge is 0.519 e. The first-order valence-electron chi connectivity index (χ1n) is 8.40. The van der Waals surface area contributed by atoms with Crippen LogP contribution in [0.25, 0.3) is 0 Å². The fraction of sp³-hybridized carbons (Fsp3) is 0.444. The molecule has 1 unspecified atom stereocenters. The van der Waals surface area contributed by atoms with Crippen LogP contribution < -0.4 is 11.1 Å². The molecule has 2 N–H and O–H groups in total. The van der Waals surface area contributed by atoms with Gasteiger partial charge in [-0.1, -0.05) is 42.6 Å². The average molecular weight is 382 g/mol. The van der Waals surface area contributed by atoms with Crippen LogP contribution in [0.3, 0.4) is 0 Å². The van der Waals surface area contributed by atoms with Crippen LogP contribution in [0.15, 0.2) is 37.9 Å². The summed E-state index contributed by atoms with van der Waals surface area (Å²) in [5, 5.41) is 13.9. The lowest BCUT2D eigenvalue weighted by Crippen LogP contribution is -2.55. The van der Waals surface area contributed by atoms with Crippen LogP contribution in [0.5, 0.6) is 0 Å². The Bertz CT molecular complexity index is 844. The van der Waals surface area contributed by atoms with Gasteiger partial charge in [-0.2, -0.15) is 0 Å². The number of rotatable bonds is 4. The number of aliphatic hydroxyl groups is 1. The maximum Gasteiger partial charge on any atom is 0.519 e. The molecule has 8 heteroatoms. The zero-order chi connectivity index (χ0) is 18.7. The molecule has 0 saturated heterocycles. The number of hydrogen-bond donors (Lipinski definition) is 2. The van der Waals surface area contributed by atoms with Gasteiger partial charge in [-0.05, 0) is 31.4 Å². The quantitative estimate of drug-likeness (QED) is 0.842. The van der Waals surface area contributed by atoms with Crippen molar-refractivity contribution in [3.63, 3.8) is 0 Å². The summed E-state index contributed by atoms with van der Waals surface area (Å²) in [7, 11) is 0. The fourth-order valence-corrected chi connectivity index (χ4v) is 3.66. The summed E-state index contributed by atoms with van der Waals surface area (Å²) in [5.41, 5.74) is -0.378. The highest BCUT2D eigenvalue weighted by atomic mass is 35.5. The molecule has 140 valence electrons. The number of halogens is 1. The smallest absolute Gasteiger partial charge is 0.441 e. The third-order valence-electron chi connectivity index (χ3n) is 4.72. The van der Waals surface area contributed by atoms with Gasteiger partial charge < -0.3 is 24.0 Å². The minimum absolute atomic E-state index is 0.140. The van der Waals surface area contributed by atoms with E-state index in [0.29, 0.717) is 23.4 Å². The van der Waals surface area contributed by atoms with Crippen molar-refractivity contribution in [3.8, 4) is 0 Å². The molecule has 1 aromatic carbocycles. The molecule has 1 amide bonds. The number of ether oxygens (including phenoxy) is 1. The summed E-state index contributed by atoms with van der Waals surface area (Å²) in [5.74, 6) is -0.459. The SMILES string of the molecule is Cc1oc(=O)oc1COC(=O)N[C@]1(c2ccccc2Cl)CCCCC1O. The van der Waals surface area contributed by atoms with Gasteiger partial charge in [0.25, 0.3) is 0 Å². The van der Waals surface area contributed by atoms with Gasteiger partial charge in [-0.25, -0.2) is 9.59 Å². The Morgan fingerprint density at radius 3 is 2.81 bits per heavy atom. The first kappa shape index (κ1) is 18.5. The molecule has 0 aliphatic heterocycles. The van der Waals surface area contributed by atoms with Crippen molar-refractivity contribution in [2.75, 3.05) is 0 Å². The van der Waals surface area contributed by atoms with Crippen LogP contribution in [0.4, 0.5) is 4.79 Å². The van der Waals surface area contributed by atoms with Gasteiger partial charge in [0.05, 0.1) is 11.6 Å². The van der Waals surface area contributed by atoms with Gasteiger partial charge in [0, 0.05) is 5.02 Å². The Balaban J connectivity index is 1.80. The number of aliphatic hydroxyl groups excluding tert-OH is 1. The third kappa shape index (κ3) is 3.64. The van der Waals surface area contributed by atoms with Crippen LogP contribution in [-0.2, 0) is 16.9 Å². The van der Waals surface area contributed by atoms with Crippen molar-refractivity contribution in [2.45, 2.75) is 50.9 Å². The first-order chi connectivity index (χ1) is 12.4. The van der Waals surface area contributed by atoms with E-state index >= 15 is 0 Å². The number of amides is 1. The monoisotopic (exact) mass is 381 g/mol. The topological polar surface area (TPSA) is 102 Å². The zero-order valence-corrected chi connectivity index (χ0v) is 15.0. The van der Waals surface area contributed by atoms with Crippen molar-refractivity contribution in [2.24, 2.45) is 0 Å². The molecule has 0 spiro atoms. The summed E-state index contributed by atoms with van der Waals surface area (Å²) >= 11 is 6.33. The van der Waals surface area contributed by atoms with Gasteiger partial charge in [0.1, 0.15) is 0 Å². The number of benzene rings is 1. The third-order valence-corrected chi connectivity index (χ3v) is 5.05. The van der Waals surface area contributed by atoms with E-state index in [1.807, 2.05) is 0 Å². The van der Waals surface area contributed by atoms with E-state index in [-0.39, 0.29) is 18.1 Å². The number of nitrogens with one attached hydrogen (secondary N) is 1. The van der Waals surface area contributed by atoms with Gasteiger partial charge in [-0.3, -0.25) is 0 Å². The zero-order valence-electron chi connectivity index (χ0n) is 14.3. The lowest BCUT2D eigenvalue weighted by atomic mass is 9.74. The van der Waals surface area contributed by atoms with E-state index in [4.69, 9.17) is 25.2 Å². The molecule has 26 heavy (non-hydrogen) atoms. The predicted octanol–water partition coefficient (Wildman–Crippen LogP) is 3.25. The molecule has 7 nitrogen and oxygen atoms in total. The molecule has 1 aromatic heterocycles. The van der Waals surface area contributed by atoms with E-state index in [1.54, 1.807) is 24.3 Å². The highest BCUT2D eigenvalue weighted by molar-refractivity contribution is 6.31. The van der Waals surface area contributed by atoms with Crippen molar-refractivity contribution in [3.05, 3.63) is 57.0 Å². The Kier molecular flexibility index (Phi) is 5.38.